The minimum Gasteiger partial charge on any atom is -0.338 e. The summed E-state index contributed by atoms with van der Waals surface area (Å²) in [7, 11) is 0. The molecule has 1 amide bonds. The highest BCUT2D eigenvalue weighted by Crippen LogP contribution is 2.40. The Morgan fingerprint density at radius 1 is 1.03 bits per heavy atom. The first-order chi connectivity index (χ1) is 15.0. The summed E-state index contributed by atoms with van der Waals surface area (Å²) in [6.07, 6.45) is 0.904. The molecule has 0 aliphatic carbocycles. The highest BCUT2D eigenvalue weighted by Gasteiger charge is 2.38. The summed E-state index contributed by atoms with van der Waals surface area (Å²) >= 11 is 0. The minimum atomic E-state index is -0.371. The summed E-state index contributed by atoms with van der Waals surface area (Å²) in [4.78, 5) is 27.5. The number of likely N-dealkylation sites (tertiary alicyclic amines) is 1. The van der Waals surface area contributed by atoms with Crippen LogP contribution in [0.25, 0.3) is 11.1 Å². The Morgan fingerprint density at radius 3 is 2.61 bits per heavy atom. The van der Waals surface area contributed by atoms with Gasteiger partial charge in [0.2, 0.25) is 0 Å². The second-order valence-corrected chi connectivity index (χ2v) is 8.29. The second kappa shape index (κ2) is 7.51. The molecule has 1 fully saturated rings. The number of rotatable bonds is 2. The molecule has 154 valence electrons. The molecule has 1 saturated heterocycles. The Balaban J connectivity index is 1.54. The minimum absolute atomic E-state index is 0.0199. The van der Waals surface area contributed by atoms with Gasteiger partial charge in [-0.15, -0.1) is 0 Å². The summed E-state index contributed by atoms with van der Waals surface area (Å²) in [5.74, 6) is -0.278. The number of hydrogen-bond acceptors (Lipinski definition) is 3. The van der Waals surface area contributed by atoms with Gasteiger partial charge in [0.15, 0.2) is 0 Å². The third-order valence-corrected chi connectivity index (χ3v) is 6.27. The number of piperidine rings is 1. The molecule has 5 nitrogen and oxygen atoms in total. The van der Waals surface area contributed by atoms with Crippen molar-refractivity contribution >= 4 is 5.91 Å². The van der Waals surface area contributed by atoms with Crippen LogP contribution in [0.2, 0.25) is 0 Å². The molecule has 2 bridgehead atoms. The SMILES string of the molecule is N#Cc1cccc(-c2ccc(=O)n3c2[C@H]2C[C@@H](CN(C(=O)c4ccc(F)cc4)C2)C3)c1. The number of aromatic nitrogens is 1. The quantitative estimate of drug-likeness (QED) is 0.642. The monoisotopic (exact) mass is 413 g/mol. The van der Waals surface area contributed by atoms with E-state index in [1.54, 1.807) is 12.1 Å². The van der Waals surface area contributed by atoms with E-state index in [1.165, 1.54) is 24.3 Å². The average Bonchev–Trinajstić information content (AvgIpc) is 2.79. The summed E-state index contributed by atoms with van der Waals surface area (Å²) < 4.78 is 15.1. The number of amides is 1. The van der Waals surface area contributed by atoms with Gasteiger partial charge in [-0.05, 0) is 60.4 Å². The van der Waals surface area contributed by atoms with E-state index < -0.39 is 0 Å². The van der Waals surface area contributed by atoms with Crippen molar-refractivity contribution in [2.75, 3.05) is 13.1 Å². The van der Waals surface area contributed by atoms with Crippen LogP contribution >= 0.6 is 0 Å². The third-order valence-electron chi connectivity index (χ3n) is 6.27. The van der Waals surface area contributed by atoms with E-state index in [9.17, 15) is 19.2 Å². The standard InChI is InChI=1S/C25H20FN3O2/c26-21-6-4-18(5-7-21)25(31)28-13-17-11-20(15-28)24-22(8-9-23(30)29(24)14-17)19-3-1-2-16(10-19)12-27/h1-10,17,20H,11,13-15H2/t17-,20-/m0/s1. The van der Waals surface area contributed by atoms with Crippen LogP contribution in [0.1, 0.15) is 34.0 Å². The number of halogens is 1. The van der Waals surface area contributed by atoms with Crippen molar-refractivity contribution in [3.05, 3.63) is 93.7 Å². The zero-order valence-electron chi connectivity index (χ0n) is 16.8. The zero-order chi connectivity index (χ0) is 21.5. The van der Waals surface area contributed by atoms with Crippen LogP contribution in [0, 0.1) is 23.1 Å². The maximum atomic E-state index is 13.3. The fourth-order valence-electron chi connectivity index (χ4n) is 4.96. The van der Waals surface area contributed by atoms with Gasteiger partial charge in [0.05, 0.1) is 11.6 Å². The van der Waals surface area contributed by atoms with Crippen LogP contribution in [-0.4, -0.2) is 28.5 Å². The van der Waals surface area contributed by atoms with Gasteiger partial charge in [0, 0.05) is 48.4 Å². The van der Waals surface area contributed by atoms with Crippen LogP contribution < -0.4 is 5.56 Å². The first-order valence-corrected chi connectivity index (χ1v) is 10.3. The number of fused-ring (bicyclic) bond motifs is 4. The van der Waals surface area contributed by atoms with E-state index in [4.69, 9.17) is 0 Å². The fourth-order valence-corrected chi connectivity index (χ4v) is 4.96. The fraction of sp³-hybridized carbons (Fsp3) is 0.240. The Bertz CT molecular complexity index is 1270. The molecule has 5 rings (SSSR count). The maximum absolute atomic E-state index is 13.3. The normalized spacial score (nSPS) is 19.4. The third kappa shape index (κ3) is 3.42. The first kappa shape index (κ1) is 19.3. The van der Waals surface area contributed by atoms with Gasteiger partial charge in [-0.1, -0.05) is 12.1 Å². The number of benzene rings is 2. The number of pyridine rings is 1. The largest absolute Gasteiger partial charge is 0.338 e. The van der Waals surface area contributed by atoms with Gasteiger partial charge in [-0.25, -0.2) is 4.39 Å². The van der Waals surface area contributed by atoms with Crippen LogP contribution in [0.15, 0.2) is 65.5 Å². The van der Waals surface area contributed by atoms with E-state index in [2.05, 4.69) is 6.07 Å². The Kier molecular flexibility index (Phi) is 4.67. The Labute approximate surface area is 179 Å². The molecule has 2 aromatic carbocycles. The number of carbonyl (C=O) groups excluding carboxylic acids is 1. The van der Waals surface area contributed by atoms with E-state index in [0.29, 0.717) is 30.8 Å². The molecule has 2 atom stereocenters. The average molecular weight is 413 g/mol. The molecular formula is C25H20FN3O2. The molecule has 0 spiro atoms. The molecule has 0 N–H and O–H groups in total. The lowest BCUT2D eigenvalue weighted by Gasteiger charge is -2.43. The van der Waals surface area contributed by atoms with Crippen molar-refractivity contribution in [1.82, 2.24) is 9.47 Å². The van der Waals surface area contributed by atoms with Crippen molar-refractivity contribution in [3.8, 4) is 17.2 Å². The molecule has 2 aliphatic heterocycles. The zero-order valence-corrected chi connectivity index (χ0v) is 16.8. The lowest BCUT2D eigenvalue weighted by atomic mass is 9.80. The lowest BCUT2D eigenvalue weighted by Crippen LogP contribution is -2.49. The highest BCUT2D eigenvalue weighted by molar-refractivity contribution is 5.94. The molecule has 3 heterocycles. The van der Waals surface area contributed by atoms with Gasteiger partial charge < -0.3 is 9.47 Å². The van der Waals surface area contributed by atoms with Crippen molar-refractivity contribution in [1.29, 1.82) is 5.26 Å². The molecular weight excluding hydrogens is 393 g/mol. The van der Waals surface area contributed by atoms with E-state index in [1.807, 2.05) is 33.7 Å². The van der Waals surface area contributed by atoms with Gasteiger partial charge in [-0.2, -0.15) is 5.26 Å². The maximum Gasteiger partial charge on any atom is 0.253 e. The summed E-state index contributed by atoms with van der Waals surface area (Å²) in [5.41, 5.74) is 3.74. The summed E-state index contributed by atoms with van der Waals surface area (Å²) in [6, 6.07) is 18.6. The van der Waals surface area contributed by atoms with Crippen LogP contribution in [-0.2, 0) is 6.54 Å². The summed E-state index contributed by atoms with van der Waals surface area (Å²) in [5, 5.41) is 9.28. The molecule has 3 aromatic rings. The van der Waals surface area contributed by atoms with Gasteiger partial charge in [0.1, 0.15) is 5.82 Å². The number of hydrogen-bond donors (Lipinski definition) is 0. The molecule has 31 heavy (non-hydrogen) atoms. The van der Waals surface area contributed by atoms with E-state index in [-0.39, 0.29) is 29.1 Å². The van der Waals surface area contributed by atoms with E-state index in [0.717, 1.165) is 23.2 Å². The van der Waals surface area contributed by atoms with Crippen LogP contribution in [0.5, 0.6) is 0 Å². The number of nitriles is 1. The molecule has 6 heteroatoms. The number of carbonyl (C=O) groups is 1. The van der Waals surface area contributed by atoms with Crippen LogP contribution in [0.3, 0.4) is 0 Å². The van der Waals surface area contributed by atoms with Crippen molar-refractivity contribution in [2.45, 2.75) is 18.9 Å². The smallest absolute Gasteiger partial charge is 0.253 e. The summed E-state index contributed by atoms with van der Waals surface area (Å²) in [6.45, 7) is 1.64. The predicted molar refractivity (Wildman–Crippen MR) is 114 cm³/mol. The first-order valence-electron chi connectivity index (χ1n) is 10.3. The molecule has 2 aliphatic rings. The van der Waals surface area contributed by atoms with Gasteiger partial charge in [-0.3, -0.25) is 9.59 Å². The molecule has 0 unspecified atom stereocenters. The van der Waals surface area contributed by atoms with Gasteiger partial charge in [0.25, 0.3) is 11.5 Å². The Hall–Kier alpha value is -3.72. The second-order valence-electron chi connectivity index (χ2n) is 8.29. The van der Waals surface area contributed by atoms with E-state index >= 15 is 0 Å². The molecule has 0 radical (unpaired) electrons. The molecule has 0 saturated carbocycles. The highest BCUT2D eigenvalue weighted by atomic mass is 19.1. The topological polar surface area (TPSA) is 66.1 Å². The predicted octanol–water partition coefficient (Wildman–Crippen LogP) is 3.79. The Morgan fingerprint density at radius 2 is 1.84 bits per heavy atom. The van der Waals surface area contributed by atoms with Gasteiger partial charge >= 0.3 is 0 Å². The number of nitrogens with zero attached hydrogens (tertiary/aromatic N) is 3. The molecule has 1 aromatic heterocycles. The van der Waals surface area contributed by atoms with Crippen LogP contribution in [0.4, 0.5) is 4.39 Å². The lowest BCUT2D eigenvalue weighted by molar-refractivity contribution is 0.0595. The van der Waals surface area contributed by atoms with Crippen molar-refractivity contribution in [2.24, 2.45) is 5.92 Å². The van der Waals surface area contributed by atoms with Crippen molar-refractivity contribution in [3.63, 3.8) is 0 Å². The van der Waals surface area contributed by atoms with Crippen molar-refractivity contribution < 1.29 is 9.18 Å².